The third-order valence-corrected chi connectivity index (χ3v) is 6.05. The van der Waals surface area contributed by atoms with Crippen LogP contribution in [-0.4, -0.2) is 6.61 Å². The third kappa shape index (κ3) is 3.23. The van der Waals surface area contributed by atoms with E-state index in [1.54, 1.807) is 0 Å². The van der Waals surface area contributed by atoms with Gasteiger partial charge in [0, 0.05) is 6.42 Å². The van der Waals surface area contributed by atoms with Crippen LogP contribution < -0.4 is 4.74 Å². The number of halogens is 1. The minimum absolute atomic E-state index is 0.164. The molecule has 0 bridgehead atoms. The van der Waals surface area contributed by atoms with Crippen molar-refractivity contribution in [1.82, 2.24) is 0 Å². The van der Waals surface area contributed by atoms with Crippen LogP contribution in [0.4, 0.5) is 0 Å². The fraction of sp³-hybridized carbons (Fsp3) is 0.684. The summed E-state index contributed by atoms with van der Waals surface area (Å²) < 4.78 is 5.59. The molecule has 1 aromatic rings. The maximum Gasteiger partial charge on any atom is 0.122 e. The first-order chi connectivity index (χ1) is 9.95. The van der Waals surface area contributed by atoms with Crippen LogP contribution in [-0.2, 0) is 6.42 Å². The van der Waals surface area contributed by atoms with Gasteiger partial charge in [0.1, 0.15) is 5.75 Å². The van der Waals surface area contributed by atoms with Gasteiger partial charge in [-0.25, -0.2) is 0 Å². The summed E-state index contributed by atoms with van der Waals surface area (Å²) in [6.07, 6.45) is 6.22. The van der Waals surface area contributed by atoms with Crippen LogP contribution in [0.3, 0.4) is 0 Å². The predicted octanol–water partition coefficient (Wildman–Crippen LogP) is 5.75. The van der Waals surface area contributed by atoms with Crippen molar-refractivity contribution >= 4 is 11.6 Å². The van der Waals surface area contributed by atoms with E-state index in [1.807, 2.05) is 0 Å². The van der Waals surface area contributed by atoms with E-state index in [9.17, 15) is 0 Å². The van der Waals surface area contributed by atoms with Crippen LogP contribution in [0.1, 0.15) is 63.0 Å². The molecule has 1 aromatic carbocycles. The fourth-order valence-electron chi connectivity index (χ4n) is 3.93. The molecule has 2 heteroatoms. The summed E-state index contributed by atoms with van der Waals surface area (Å²) in [5.41, 5.74) is 3.07. The van der Waals surface area contributed by atoms with Gasteiger partial charge in [-0.2, -0.15) is 0 Å². The standard InChI is InChI=1S/C19H27ClO/c1-19(2,3)16-7-4-13(5-8-16)18(20)15-6-9-17-14(12-15)10-11-21-17/h6,9,12-13,16,18H,4-5,7-8,10-11H2,1-3H3. The highest BCUT2D eigenvalue weighted by Gasteiger charge is 2.33. The van der Waals surface area contributed by atoms with Gasteiger partial charge in [-0.05, 0) is 60.1 Å². The van der Waals surface area contributed by atoms with Gasteiger partial charge in [0.15, 0.2) is 0 Å². The second-order valence-corrected chi connectivity index (χ2v) is 8.32. The molecule has 1 saturated carbocycles. The molecule has 0 amide bonds. The molecule has 3 rings (SSSR count). The Morgan fingerprint density at radius 2 is 1.86 bits per heavy atom. The quantitative estimate of drug-likeness (QED) is 0.632. The minimum Gasteiger partial charge on any atom is -0.493 e. The number of fused-ring (bicyclic) bond motifs is 1. The molecule has 1 atom stereocenters. The number of hydrogen-bond acceptors (Lipinski definition) is 1. The summed E-state index contributed by atoms with van der Waals surface area (Å²) in [6, 6.07) is 6.54. The van der Waals surface area contributed by atoms with Crippen LogP contribution in [0, 0.1) is 17.3 Å². The Morgan fingerprint density at radius 3 is 2.52 bits per heavy atom. The second-order valence-electron chi connectivity index (χ2n) is 7.85. The average Bonchev–Trinajstić information content (AvgIpc) is 2.93. The first kappa shape index (κ1) is 15.2. The second kappa shape index (κ2) is 5.83. The van der Waals surface area contributed by atoms with E-state index < -0.39 is 0 Å². The van der Waals surface area contributed by atoms with E-state index in [1.165, 1.54) is 36.8 Å². The lowest BCUT2D eigenvalue weighted by Crippen LogP contribution is -2.27. The van der Waals surface area contributed by atoms with Gasteiger partial charge in [0.2, 0.25) is 0 Å². The Balaban J connectivity index is 1.65. The summed E-state index contributed by atoms with van der Waals surface area (Å²) in [5, 5.41) is 0.164. The van der Waals surface area contributed by atoms with Crippen molar-refractivity contribution in [3.05, 3.63) is 29.3 Å². The Morgan fingerprint density at radius 1 is 1.14 bits per heavy atom. The fourth-order valence-corrected chi connectivity index (χ4v) is 4.32. The lowest BCUT2D eigenvalue weighted by Gasteiger charge is -2.38. The zero-order chi connectivity index (χ0) is 15.0. The van der Waals surface area contributed by atoms with Crippen molar-refractivity contribution < 1.29 is 4.74 Å². The average molecular weight is 307 g/mol. The summed E-state index contributed by atoms with van der Waals surface area (Å²) in [5.74, 6) is 2.54. The van der Waals surface area contributed by atoms with Crippen LogP contribution >= 0.6 is 11.6 Å². The molecule has 1 heterocycles. The highest BCUT2D eigenvalue weighted by Crippen LogP contribution is 2.46. The van der Waals surface area contributed by atoms with E-state index >= 15 is 0 Å². The Bertz CT molecular complexity index is 495. The Kier molecular flexibility index (Phi) is 4.23. The molecule has 1 unspecified atom stereocenters. The largest absolute Gasteiger partial charge is 0.493 e. The van der Waals surface area contributed by atoms with Crippen LogP contribution in [0.15, 0.2) is 18.2 Å². The maximum atomic E-state index is 6.81. The van der Waals surface area contributed by atoms with Gasteiger partial charge in [0.25, 0.3) is 0 Å². The van der Waals surface area contributed by atoms with Crippen LogP contribution in [0.2, 0.25) is 0 Å². The summed E-state index contributed by atoms with van der Waals surface area (Å²) in [6.45, 7) is 7.94. The molecule has 0 spiro atoms. The summed E-state index contributed by atoms with van der Waals surface area (Å²) in [4.78, 5) is 0. The van der Waals surface area contributed by atoms with Crippen LogP contribution in [0.25, 0.3) is 0 Å². The van der Waals surface area contributed by atoms with Crippen molar-refractivity contribution in [3.63, 3.8) is 0 Å². The molecule has 1 fully saturated rings. The van der Waals surface area contributed by atoms with Gasteiger partial charge in [0.05, 0.1) is 12.0 Å². The molecule has 2 aliphatic rings. The third-order valence-electron chi connectivity index (χ3n) is 5.44. The minimum atomic E-state index is 0.164. The number of alkyl halides is 1. The monoisotopic (exact) mass is 306 g/mol. The van der Waals surface area contributed by atoms with E-state index in [0.29, 0.717) is 11.3 Å². The molecular weight excluding hydrogens is 280 g/mol. The summed E-state index contributed by atoms with van der Waals surface area (Å²) >= 11 is 6.81. The van der Waals surface area contributed by atoms with Gasteiger partial charge in [-0.1, -0.05) is 32.9 Å². The van der Waals surface area contributed by atoms with Crippen molar-refractivity contribution in [2.75, 3.05) is 6.61 Å². The molecule has 0 saturated heterocycles. The molecule has 1 aliphatic heterocycles. The van der Waals surface area contributed by atoms with Gasteiger partial charge in [-0.15, -0.1) is 11.6 Å². The predicted molar refractivity (Wildman–Crippen MR) is 89.1 cm³/mol. The van der Waals surface area contributed by atoms with Crippen molar-refractivity contribution in [2.45, 2.75) is 58.3 Å². The maximum absolute atomic E-state index is 6.81. The van der Waals surface area contributed by atoms with E-state index in [-0.39, 0.29) is 5.38 Å². The number of ether oxygens (including phenoxy) is 1. The van der Waals surface area contributed by atoms with Crippen LogP contribution in [0.5, 0.6) is 5.75 Å². The highest BCUT2D eigenvalue weighted by atomic mass is 35.5. The Labute approximate surface area is 134 Å². The van der Waals surface area contributed by atoms with E-state index in [0.717, 1.165) is 24.7 Å². The SMILES string of the molecule is CC(C)(C)C1CCC(C(Cl)c2ccc3c(c2)CCO3)CC1. The molecule has 1 nitrogen and oxygen atoms in total. The van der Waals surface area contributed by atoms with E-state index in [2.05, 4.69) is 39.0 Å². The number of rotatable bonds is 2. The molecule has 116 valence electrons. The van der Waals surface area contributed by atoms with Gasteiger partial charge >= 0.3 is 0 Å². The van der Waals surface area contributed by atoms with Crippen molar-refractivity contribution in [3.8, 4) is 5.75 Å². The molecule has 0 N–H and O–H groups in total. The van der Waals surface area contributed by atoms with Crippen molar-refractivity contribution in [1.29, 1.82) is 0 Å². The smallest absolute Gasteiger partial charge is 0.122 e. The first-order valence-electron chi connectivity index (χ1n) is 8.35. The summed E-state index contributed by atoms with van der Waals surface area (Å²) in [7, 11) is 0. The van der Waals surface area contributed by atoms with E-state index in [4.69, 9.17) is 16.3 Å². The topological polar surface area (TPSA) is 9.23 Å². The van der Waals surface area contributed by atoms with Gasteiger partial charge < -0.3 is 4.74 Å². The lowest BCUT2D eigenvalue weighted by atomic mass is 9.69. The first-order valence-corrected chi connectivity index (χ1v) is 8.78. The normalized spacial score (nSPS) is 27.0. The zero-order valence-corrected chi connectivity index (χ0v) is 14.2. The molecule has 0 aromatic heterocycles. The Hall–Kier alpha value is -0.690. The molecule has 1 aliphatic carbocycles. The highest BCUT2D eigenvalue weighted by molar-refractivity contribution is 6.21. The van der Waals surface area contributed by atoms with Crippen molar-refractivity contribution in [2.24, 2.45) is 17.3 Å². The molecule has 21 heavy (non-hydrogen) atoms. The number of benzene rings is 1. The molecular formula is C19H27ClO. The molecule has 0 radical (unpaired) electrons. The number of hydrogen-bond donors (Lipinski definition) is 0. The zero-order valence-electron chi connectivity index (χ0n) is 13.5. The lowest BCUT2D eigenvalue weighted by molar-refractivity contribution is 0.148. The van der Waals surface area contributed by atoms with Gasteiger partial charge in [-0.3, -0.25) is 0 Å².